The van der Waals surface area contributed by atoms with E-state index in [1.807, 2.05) is 0 Å². The fourth-order valence-corrected chi connectivity index (χ4v) is 2.87. The number of aliphatic hydroxyl groups excluding tert-OH is 1. The Hall–Kier alpha value is -1.59. The molecule has 122 valence electrons. The Morgan fingerprint density at radius 2 is 2.05 bits per heavy atom. The molecule has 0 aliphatic carbocycles. The van der Waals surface area contributed by atoms with E-state index in [9.17, 15) is 9.90 Å². The number of amides is 2. The van der Waals surface area contributed by atoms with Crippen LogP contribution in [0.3, 0.4) is 0 Å². The van der Waals surface area contributed by atoms with E-state index in [4.69, 9.17) is 0 Å². The van der Waals surface area contributed by atoms with Gasteiger partial charge in [-0.15, -0.1) is 0 Å². The summed E-state index contributed by atoms with van der Waals surface area (Å²) in [5.41, 5.74) is 2.82. The van der Waals surface area contributed by atoms with Gasteiger partial charge in [-0.2, -0.15) is 0 Å². The Labute approximate surface area is 132 Å². The third kappa shape index (κ3) is 4.45. The van der Waals surface area contributed by atoms with Gasteiger partial charge in [0.2, 0.25) is 0 Å². The first-order valence-electron chi connectivity index (χ1n) is 7.95. The maximum Gasteiger partial charge on any atom is 0.317 e. The zero-order valence-corrected chi connectivity index (χ0v) is 13.7. The average Bonchev–Trinajstić information content (AvgIpc) is 2.51. The van der Waals surface area contributed by atoms with Gasteiger partial charge in [0, 0.05) is 39.3 Å². The fourth-order valence-electron chi connectivity index (χ4n) is 2.87. The lowest BCUT2D eigenvalue weighted by Gasteiger charge is -2.34. The quantitative estimate of drug-likeness (QED) is 0.866. The molecule has 2 N–H and O–H groups in total. The summed E-state index contributed by atoms with van der Waals surface area (Å²) in [6.45, 7) is 6.75. The lowest BCUT2D eigenvalue weighted by Crippen LogP contribution is -2.47. The molecule has 0 saturated heterocycles. The third-order valence-electron chi connectivity index (χ3n) is 4.22. The van der Waals surface area contributed by atoms with Crippen LogP contribution < -0.4 is 5.32 Å². The zero-order chi connectivity index (χ0) is 16.1. The number of benzene rings is 1. The summed E-state index contributed by atoms with van der Waals surface area (Å²) in [5.74, 6) is 0. The highest BCUT2D eigenvalue weighted by molar-refractivity contribution is 5.73. The number of likely N-dealkylation sites (N-methyl/N-ethyl adjacent to an activating group) is 1. The highest BCUT2D eigenvalue weighted by atomic mass is 16.3. The molecule has 0 fully saturated rings. The van der Waals surface area contributed by atoms with E-state index in [-0.39, 0.29) is 12.1 Å². The second kappa shape index (κ2) is 7.61. The van der Waals surface area contributed by atoms with Crippen molar-refractivity contribution in [2.45, 2.75) is 39.0 Å². The standard InChI is InChI=1S/C17H27N3O2/c1-13(10-18-17(22)19(3)11-14(2)21)20-9-8-15-6-4-5-7-16(15)12-20/h4-7,13-14,21H,8-12H2,1-3H3,(H,18,22). The Morgan fingerprint density at radius 1 is 1.36 bits per heavy atom. The molecule has 1 aromatic rings. The van der Waals surface area contributed by atoms with Crippen molar-refractivity contribution >= 4 is 6.03 Å². The zero-order valence-electron chi connectivity index (χ0n) is 13.7. The number of nitrogens with zero attached hydrogens (tertiary/aromatic N) is 2. The molecule has 5 heteroatoms. The summed E-state index contributed by atoms with van der Waals surface area (Å²) in [4.78, 5) is 15.9. The number of carbonyl (C=O) groups is 1. The number of hydrogen-bond acceptors (Lipinski definition) is 3. The van der Waals surface area contributed by atoms with Crippen LogP contribution in [0.2, 0.25) is 0 Å². The first-order chi connectivity index (χ1) is 10.5. The number of nitrogens with one attached hydrogen (secondary N) is 1. The fraction of sp³-hybridized carbons (Fsp3) is 0.588. The molecule has 1 aliphatic heterocycles. The first kappa shape index (κ1) is 16.8. The van der Waals surface area contributed by atoms with E-state index >= 15 is 0 Å². The van der Waals surface area contributed by atoms with Gasteiger partial charge in [-0.1, -0.05) is 24.3 Å². The van der Waals surface area contributed by atoms with Crippen molar-refractivity contribution in [3.05, 3.63) is 35.4 Å². The molecule has 2 rings (SSSR count). The molecule has 1 aromatic carbocycles. The van der Waals surface area contributed by atoms with Crippen molar-refractivity contribution in [2.75, 3.05) is 26.7 Å². The SMILES string of the molecule is CC(O)CN(C)C(=O)NCC(C)N1CCc2ccccc2C1. The van der Waals surface area contributed by atoms with Crippen LogP contribution in [0.15, 0.2) is 24.3 Å². The van der Waals surface area contributed by atoms with Gasteiger partial charge in [-0.3, -0.25) is 4.90 Å². The van der Waals surface area contributed by atoms with Crippen molar-refractivity contribution < 1.29 is 9.90 Å². The molecule has 2 amide bonds. The van der Waals surface area contributed by atoms with Gasteiger partial charge in [0.25, 0.3) is 0 Å². The molecule has 0 aromatic heterocycles. The molecule has 0 bridgehead atoms. The van der Waals surface area contributed by atoms with E-state index in [1.165, 1.54) is 16.0 Å². The van der Waals surface area contributed by atoms with Gasteiger partial charge < -0.3 is 15.3 Å². The van der Waals surface area contributed by atoms with Crippen molar-refractivity contribution in [3.8, 4) is 0 Å². The highest BCUT2D eigenvalue weighted by Crippen LogP contribution is 2.19. The minimum atomic E-state index is -0.508. The predicted molar refractivity (Wildman–Crippen MR) is 87.7 cm³/mol. The normalized spacial score (nSPS) is 17.5. The van der Waals surface area contributed by atoms with Crippen LogP contribution in [0.25, 0.3) is 0 Å². The van der Waals surface area contributed by atoms with Crippen molar-refractivity contribution in [2.24, 2.45) is 0 Å². The van der Waals surface area contributed by atoms with Gasteiger partial charge in [0.1, 0.15) is 0 Å². The van der Waals surface area contributed by atoms with E-state index < -0.39 is 6.10 Å². The molecule has 5 nitrogen and oxygen atoms in total. The summed E-state index contributed by atoms with van der Waals surface area (Å²) in [5, 5.41) is 12.3. The van der Waals surface area contributed by atoms with Crippen molar-refractivity contribution in [3.63, 3.8) is 0 Å². The number of urea groups is 1. The molecule has 2 unspecified atom stereocenters. The van der Waals surface area contributed by atoms with Crippen LogP contribution in [0.1, 0.15) is 25.0 Å². The van der Waals surface area contributed by atoms with Crippen molar-refractivity contribution in [1.29, 1.82) is 0 Å². The second-order valence-electron chi connectivity index (χ2n) is 6.25. The van der Waals surface area contributed by atoms with Crippen LogP contribution in [-0.4, -0.2) is 59.8 Å². The first-order valence-corrected chi connectivity index (χ1v) is 7.95. The number of hydrogen-bond donors (Lipinski definition) is 2. The Balaban J connectivity index is 1.81. The maximum atomic E-state index is 11.9. The third-order valence-corrected chi connectivity index (χ3v) is 4.22. The topological polar surface area (TPSA) is 55.8 Å². The Morgan fingerprint density at radius 3 is 2.73 bits per heavy atom. The summed E-state index contributed by atoms with van der Waals surface area (Å²) in [7, 11) is 1.70. The molecule has 0 radical (unpaired) electrons. The summed E-state index contributed by atoms with van der Waals surface area (Å²) >= 11 is 0. The van der Waals surface area contributed by atoms with Crippen LogP contribution >= 0.6 is 0 Å². The van der Waals surface area contributed by atoms with Crippen molar-refractivity contribution in [1.82, 2.24) is 15.1 Å². The van der Waals surface area contributed by atoms with Crippen LogP contribution in [0, 0.1) is 0 Å². The molecule has 1 heterocycles. The summed E-state index contributed by atoms with van der Waals surface area (Å²) in [6, 6.07) is 8.71. The lowest BCUT2D eigenvalue weighted by atomic mass is 9.99. The number of fused-ring (bicyclic) bond motifs is 1. The maximum absolute atomic E-state index is 11.9. The molecule has 0 saturated carbocycles. The summed E-state index contributed by atoms with van der Waals surface area (Å²) in [6.07, 6.45) is 0.558. The molecule has 1 aliphatic rings. The number of carbonyl (C=O) groups excluding carboxylic acids is 1. The molecular formula is C17H27N3O2. The lowest BCUT2D eigenvalue weighted by molar-refractivity contribution is 0.140. The molecule has 0 spiro atoms. The predicted octanol–water partition coefficient (Wildman–Crippen LogP) is 1.46. The molecular weight excluding hydrogens is 278 g/mol. The van der Waals surface area contributed by atoms with E-state index in [0.717, 1.165) is 19.5 Å². The minimum Gasteiger partial charge on any atom is -0.392 e. The molecule has 2 atom stereocenters. The number of rotatable bonds is 5. The second-order valence-corrected chi connectivity index (χ2v) is 6.25. The van der Waals surface area contributed by atoms with Gasteiger partial charge in [0.05, 0.1) is 6.10 Å². The monoisotopic (exact) mass is 305 g/mol. The Kier molecular flexibility index (Phi) is 5.80. The summed E-state index contributed by atoms with van der Waals surface area (Å²) < 4.78 is 0. The van der Waals surface area contributed by atoms with Gasteiger partial charge in [0.15, 0.2) is 0 Å². The molecule has 22 heavy (non-hydrogen) atoms. The van der Waals surface area contributed by atoms with Crippen LogP contribution in [-0.2, 0) is 13.0 Å². The van der Waals surface area contributed by atoms with Crippen LogP contribution in [0.5, 0.6) is 0 Å². The van der Waals surface area contributed by atoms with E-state index in [0.29, 0.717) is 13.1 Å². The van der Waals surface area contributed by atoms with Gasteiger partial charge in [-0.05, 0) is 31.4 Å². The van der Waals surface area contributed by atoms with E-state index in [2.05, 4.69) is 41.4 Å². The van der Waals surface area contributed by atoms with E-state index in [1.54, 1.807) is 14.0 Å². The average molecular weight is 305 g/mol. The van der Waals surface area contributed by atoms with Gasteiger partial charge in [-0.25, -0.2) is 4.79 Å². The highest BCUT2D eigenvalue weighted by Gasteiger charge is 2.21. The number of aliphatic hydroxyl groups is 1. The smallest absolute Gasteiger partial charge is 0.317 e. The largest absolute Gasteiger partial charge is 0.392 e. The Bertz CT molecular complexity index is 504. The van der Waals surface area contributed by atoms with Gasteiger partial charge >= 0.3 is 6.03 Å². The van der Waals surface area contributed by atoms with Crippen LogP contribution in [0.4, 0.5) is 4.79 Å². The minimum absolute atomic E-state index is 0.134.